The molecule has 0 aliphatic rings. The van der Waals surface area contributed by atoms with E-state index in [1.165, 1.54) is 0 Å². The van der Waals surface area contributed by atoms with Gasteiger partial charge in [-0.2, -0.15) is 0 Å². The maximum atomic E-state index is 11.0. The van der Waals surface area contributed by atoms with Gasteiger partial charge in [0, 0.05) is 16.1 Å². The van der Waals surface area contributed by atoms with Crippen LogP contribution in [-0.4, -0.2) is 10.2 Å². The summed E-state index contributed by atoms with van der Waals surface area (Å²) in [6.07, 6.45) is 0. The van der Waals surface area contributed by atoms with Crippen LogP contribution < -0.4 is 0 Å². The Kier molecular flexibility index (Phi) is 3.01. The molecule has 5 heteroatoms. The van der Waals surface area contributed by atoms with E-state index >= 15 is 0 Å². The first-order valence-corrected chi connectivity index (χ1v) is 6.25. The number of nitrogens with zero attached hydrogens (tertiary/aromatic N) is 1. The van der Waals surface area contributed by atoms with Crippen LogP contribution in [0.4, 0.5) is 0 Å². The van der Waals surface area contributed by atoms with E-state index in [0.29, 0.717) is 27.6 Å². The molecule has 0 unspecified atom stereocenters. The summed E-state index contributed by atoms with van der Waals surface area (Å²) in [6, 6.07) is 12.0. The predicted molar refractivity (Wildman–Crippen MR) is 74.6 cm³/mol. The number of aromatic nitrogens is 1. The highest BCUT2D eigenvalue weighted by atomic mass is 35.5. The lowest BCUT2D eigenvalue weighted by atomic mass is 10.1. The van der Waals surface area contributed by atoms with Crippen molar-refractivity contribution in [3.05, 3.63) is 53.1 Å². The van der Waals surface area contributed by atoms with Gasteiger partial charge in [0.1, 0.15) is 5.52 Å². The van der Waals surface area contributed by atoms with Gasteiger partial charge in [0.05, 0.1) is 0 Å². The van der Waals surface area contributed by atoms with Crippen LogP contribution in [0.1, 0.15) is 10.4 Å². The third-order valence-electron chi connectivity index (χ3n) is 2.71. The molecule has 0 saturated carbocycles. The molecule has 3 rings (SSSR count). The standard InChI is InChI=1S/C14H7Cl2NO2/c15-10-5-6-12-11(7-10)17-14(19-12)9-3-1-8(2-4-9)13(16)18/h1-7H. The molecule has 0 radical (unpaired) electrons. The lowest BCUT2D eigenvalue weighted by molar-refractivity contribution is 0.108. The van der Waals surface area contributed by atoms with Gasteiger partial charge in [-0.15, -0.1) is 0 Å². The number of benzene rings is 2. The Morgan fingerprint density at radius 1 is 1.11 bits per heavy atom. The van der Waals surface area contributed by atoms with Crippen LogP contribution in [0.25, 0.3) is 22.6 Å². The lowest BCUT2D eigenvalue weighted by Gasteiger charge is -1.96. The summed E-state index contributed by atoms with van der Waals surface area (Å²) < 4.78 is 5.62. The molecule has 2 aromatic carbocycles. The van der Waals surface area contributed by atoms with E-state index in [-0.39, 0.29) is 0 Å². The number of hydrogen-bond donors (Lipinski definition) is 0. The van der Waals surface area contributed by atoms with Gasteiger partial charge in [-0.3, -0.25) is 4.79 Å². The summed E-state index contributed by atoms with van der Waals surface area (Å²) in [5.41, 5.74) is 2.57. The minimum Gasteiger partial charge on any atom is -0.436 e. The minimum absolute atomic E-state index is 0.435. The van der Waals surface area contributed by atoms with Gasteiger partial charge in [0.25, 0.3) is 5.24 Å². The molecule has 0 amide bonds. The predicted octanol–water partition coefficient (Wildman–Crippen LogP) is 4.53. The Balaban J connectivity index is 2.06. The summed E-state index contributed by atoms with van der Waals surface area (Å²) in [7, 11) is 0. The number of oxazole rings is 1. The molecule has 0 aliphatic heterocycles. The number of halogens is 2. The molecule has 1 heterocycles. The molecule has 0 aliphatic carbocycles. The van der Waals surface area contributed by atoms with Gasteiger partial charge in [-0.1, -0.05) is 11.6 Å². The average molecular weight is 292 g/mol. The first kappa shape index (κ1) is 12.2. The third-order valence-corrected chi connectivity index (χ3v) is 3.16. The van der Waals surface area contributed by atoms with Crippen molar-refractivity contribution in [2.45, 2.75) is 0 Å². The van der Waals surface area contributed by atoms with E-state index in [1.54, 1.807) is 42.5 Å². The molecule has 0 atom stereocenters. The fourth-order valence-electron chi connectivity index (χ4n) is 1.77. The summed E-state index contributed by atoms with van der Waals surface area (Å²) in [5.74, 6) is 0.478. The van der Waals surface area contributed by atoms with Crippen LogP contribution in [0, 0.1) is 0 Å². The highest BCUT2D eigenvalue weighted by Gasteiger charge is 2.09. The average Bonchev–Trinajstić information content (AvgIpc) is 2.81. The molecule has 1 aromatic heterocycles. The molecule has 3 nitrogen and oxygen atoms in total. The number of hydrogen-bond acceptors (Lipinski definition) is 3. The largest absolute Gasteiger partial charge is 0.436 e. The molecule has 0 N–H and O–H groups in total. The maximum absolute atomic E-state index is 11.0. The first-order valence-electron chi connectivity index (χ1n) is 5.50. The third kappa shape index (κ3) is 2.35. The van der Waals surface area contributed by atoms with Crippen molar-refractivity contribution in [3.8, 4) is 11.5 Å². The van der Waals surface area contributed by atoms with Gasteiger partial charge in [0.2, 0.25) is 5.89 Å². The lowest BCUT2D eigenvalue weighted by Crippen LogP contribution is -1.87. The second kappa shape index (κ2) is 4.68. The van der Waals surface area contributed by atoms with Crippen LogP contribution in [0.15, 0.2) is 46.9 Å². The van der Waals surface area contributed by atoms with Gasteiger partial charge >= 0.3 is 0 Å². The fourth-order valence-corrected chi connectivity index (χ4v) is 2.06. The molecule has 3 aromatic rings. The number of rotatable bonds is 2. The monoisotopic (exact) mass is 291 g/mol. The zero-order valence-corrected chi connectivity index (χ0v) is 11.1. The van der Waals surface area contributed by atoms with Gasteiger partial charge in [-0.05, 0) is 54.1 Å². The summed E-state index contributed by atoms with van der Waals surface area (Å²) in [4.78, 5) is 15.3. The summed E-state index contributed by atoms with van der Waals surface area (Å²) >= 11 is 11.3. The van der Waals surface area contributed by atoms with Crippen molar-refractivity contribution < 1.29 is 9.21 Å². The molecular formula is C14H7Cl2NO2. The Labute approximate surface area is 118 Å². The zero-order chi connectivity index (χ0) is 13.4. The smallest absolute Gasteiger partial charge is 0.252 e. The molecule has 0 saturated heterocycles. The summed E-state index contributed by atoms with van der Waals surface area (Å²) in [6.45, 7) is 0. The topological polar surface area (TPSA) is 43.1 Å². The van der Waals surface area contributed by atoms with Gasteiger partial charge < -0.3 is 4.42 Å². The van der Waals surface area contributed by atoms with Crippen LogP contribution in [0.2, 0.25) is 5.02 Å². The normalized spacial score (nSPS) is 10.8. The van der Waals surface area contributed by atoms with E-state index in [4.69, 9.17) is 27.6 Å². The maximum Gasteiger partial charge on any atom is 0.252 e. The second-order valence-electron chi connectivity index (χ2n) is 3.98. The van der Waals surface area contributed by atoms with Gasteiger partial charge in [0.15, 0.2) is 5.58 Å². The van der Waals surface area contributed by atoms with Crippen LogP contribution in [-0.2, 0) is 0 Å². The van der Waals surface area contributed by atoms with E-state index < -0.39 is 5.24 Å². The van der Waals surface area contributed by atoms with Crippen molar-refractivity contribution in [2.24, 2.45) is 0 Å². The highest BCUT2D eigenvalue weighted by molar-refractivity contribution is 6.67. The highest BCUT2D eigenvalue weighted by Crippen LogP contribution is 2.26. The summed E-state index contributed by atoms with van der Waals surface area (Å²) in [5, 5.41) is 0.117. The van der Waals surface area contributed by atoms with Crippen LogP contribution in [0.3, 0.4) is 0 Å². The molecule has 19 heavy (non-hydrogen) atoms. The van der Waals surface area contributed by atoms with Crippen molar-refractivity contribution in [3.63, 3.8) is 0 Å². The molecule has 0 fully saturated rings. The van der Waals surface area contributed by atoms with Gasteiger partial charge in [-0.25, -0.2) is 4.98 Å². The Morgan fingerprint density at radius 2 is 1.84 bits per heavy atom. The van der Waals surface area contributed by atoms with E-state index in [0.717, 1.165) is 5.56 Å². The molecular weight excluding hydrogens is 285 g/mol. The van der Waals surface area contributed by atoms with Crippen LogP contribution in [0.5, 0.6) is 0 Å². The first-order chi connectivity index (χ1) is 9.13. The zero-order valence-electron chi connectivity index (χ0n) is 9.56. The van der Waals surface area contributed by atoms with Crippen molar-refractivity contribution >= 4 is 39.5 Å². The van der Waals surface area contributed by atoms with E-state index in [2.05, 4.69) is 4.98 Å². The quantitative estimate of drug-likeness (QED) is 0.652. The van der Waals surface area contributed by atoms with Crippen molar-refractivity contribution in [1.29, 1.82) is 0 Å². The SMILES string of the molecule is O=C(Cl)c1ccc(-c2nc3cc(Cl)ccc3o2)cc1. The Morgan fingerprint density at radius 3 is 2.53 bits per heavy atom. The van der Waals surface area contributed by atoms with Crippen LogP contribution >= 0.6 is 23.2 Å². The van der Waals surface area contributed by atoms with E-state index in [1.807, 2.05) is 0 Å². The second-order valence-corrected chi connectivity index (χ2v) is 4.76. The Bertz CT molecular complexity index is 763. The number of carbonyl (C=O) groups is 1. The molecule has 0 spiro atoms. The van der Waals surface area contributed by atoms with Crippen molar-refractivity contribution in [1.82, 2.24) is 4.98 Å². The molecule has 0 bridgehead atoms. The minimum atomic E-state index is -0.490. The van der Waals surface area contributed by atoms with E-state index in [9.17, 15) is 4.79 Å². The fraction of sp³-hybridized carbons (Fsp3) is 0. The Hall–Kier alpha value is -1.84. The van der Waals surface area contributed by atoms with Crippen molar-refractivity contribution in [2.75, 3.05) is 0 Å². The number of carbonyl (C=O) groups excluding carboxylic acids is 1. The number of fused-ring (bicyclic) bond motifs is 1. The molecule has 94 valence electrons.